The molecule has 0 N–H and O–H groups in total. The quantitative estimate of drug-likeness (QED) is 0.779. The summed E-state index contributed by atoms with van der Waals surface area (Å²) in [6.07, 6.45) is 2.54. The maximum absolute atomic E-state index is 6.06. The summed E-state index contributed by atoms with van der Waals surface area (Å²) in [5, 5.41) is 0. The first-order valence-electron chi connectivity index (χ1n) is 6.37. The molecule has 1 aliphatic heterocycles. The molecule has 1 aromatic carbocycles. The summed E-state index contributed by atoms with van der Waals surface area (Å²) in [6.45, 7) is 2.35. The zero-order chi connectivity index (χ0) is 13.1. The van der Waals surface area contributed by atoms with Crippen LogP contribution in [0.4, 0.5) is 5.69 Å². The van der Waals surface area contributed by atoms with Crippen LogP contribution < -0.4 is 4.90 Å². The highest BCUT2D eigenvalue weighted by molar-refractivity contribution is 9.10. The predicted octanol–water partition coefficient (Wildman–Crippen LogP) is 3.72. The van der Waals surface area contributed by atoms with Gasteiger partial charge >= 0.3 is 0 Å². The summed E-state index contributed by atoms with van der Waals surface area (Å²) >= 11 is 9.56. The molecule has 0 aliphatic carbocycles. The highest BCUT2D eigenvalue weighted by atomic mass is 79.9. The summed E-state index contributed by atoms with van der Waals surface area (Å²) in [6, 6.07) is 6.96. The summed E-state index contributed by atoms with van der Waals surface area (Å²) < 4.78 is 1.09. The molecule has 0 spiro atoms. The smallest absolute Gasteiger partial charge is 0.0494 e. The zero-order valence-electron chi connectivity index (χ0n) is 11.0. The first-order valence-corrected chi connectivity index (χ1v) is 7.70. The summed E-state index contributed by atoms with van der Waals surface area (Å²) in [5.74, 6) is 0.557. The molecule has 1 unspecified atom stereocenters. The Bertz CT molecular complexity index is 411. The number of benzene rings is 1. The van der Waals surface area contributed by atoms with Gasteiger partial charge in [-0.15, -0.1) is 11.6 Å². The lowest BCUT2D eigenvalue weighted by atomic mass is 10.0. The molecule has 0 amide bonds. The van der Waals surface area contributed by atoms with Crippen LogP contribution in [0, 0.1) is 0 Å². The van der Waals surface area contributed by atoms with Gasteiger partial charge in [0.2, 0.25) is 0 Å². The van der Waals surface area contributed by atoms with Crippen LogP contribution in [0.1, 0.15) is 18.4 Å². The van der Waals surface area contributed by atoms with E-state index < -0.39 is 0 Å². The van der Waals surface area contributed by atoms with E-state index in [1.165, 1.54) is 30.6 Å². The van der Waals surface area contributed by atoms with Crippen LogP contribution >= 0.6 is 27.5 Å². The van der Waals surface area contributed by atoms with Gasteiger partial charge in [-0.3, -0.25) is 0 Å². The highest BCUT2D eigenvalue weighted by Crippen LogP contribution is 2.28. The third-order valence-corrected chi connectivity index (χ3v) is 4.49. The molecule has 4 heteroatoms. The number of rotatable bonds is 3. The number of likely N-dealkylation sites (tertiary alicyclic amines) is 1. The lowest BCUT2D eigenvalue weighted by Crippen LogP contribution is -2.45. The normalized spacial score (nSPS) is 21.0. The van der Waals surface area contributed by atoms with E-state index in [0.29, 0.717) is 11.9 Å². The van der Waals surface area contributed by atoms with Gasteiger partial charge in [0.25, 0.3) is 0 Å². The van der Waals surface area contributed by atoms with Crippen LogP contribution in [-0.4, -0.2) is 38.1 Å². The molecule has 0 bridgehead atoms. The average Bonchev–Trinajstić information content (AvgIpc) is 2.37. The van der Waals surface area contributed by atoms with Crippen LogP contribution in [0.15, 0.2) is 22.7 Å². The Morgan fingerprint density at radius 2 is 2.28 bits per heavy atom. The lowest BCUT2D eigenvalue weighted by Gasteiger charge is -2.37. The van der Waals surface area contributed by atoms with Gasteiger partial charge in [-0.1, -0.05) is 15.9 Å². The molecule has 2 nitrogen and oxygen atoms in total. The van der Waals surface area contributed by atoms with Crippen molar-refractivity contribution < 1.29 is 0 Å². The van der Waals surface area contributed by atoms with Crippen molar-refractivity contribution in [3.8, 4) is 0 Å². The maximum Gasteiger partial charge on any atom is 0.0494 e. The molecule has 0 radical (unpaired) electrons. The van der Waals surface area contributed by atoms with E-state index in [-0.39, 0.29) is 0 Å². The number of anilines is 1. The Morgan fingerprint density at radius 1 is 1.50 bits per heavy atom. The molecule has 1 atom stereocenters. The van der Waals surface area contributed by atoms with Gasteiger partial charge in [-0.25, -0.2) is 0 Å². The first kappa shape index (κ1) is 14.2. The van der Waals surface area contributed by atoms with E-state index in [0.717, 1.165) is 11.0 Å². The summed E-state index contributed by atoms with van der Waals surface area (Å²) in [7, 11) is 4.38. The molecule has 1 fully saturated rings. The van der Waals surface area contributed by atoms with Gasteiger partial charge in [-0.05, 0) is 50.2 Å². The van der Waals surface area contributed by atoms with Gasteiger partial charge < -0.3 is 9.80 Å². The van der Waals surface area contributed by atoms with Crippen molar-refractivity contribution in [1.29, 1.82) is 0 Å². The van der Waals surface area contributed by atoms with Gasteiger partial charge in [0.05, 0.1) is 0 Å². The van der Waals surface area contributed by atoms with E-state index in [9.17, 15) is 0 Å². The Kier molecular flexibility index (Phi) is 4.93. The van der Waals surface area contributed by atoms with Crippen LogP contribution in [0.5, 0.6) is 0 Å². The predicted molar refractivity (Wildman–Crippen MR) is 82.6 cm³/mol. The molecule has 1 aromatic rings. The van der Waals surface area contributed by atoms with Crippen molar-refractivity contribution in [1.82, 2.24) is 4.90 Å². The van der Waals surface area contributed by atoms with Crippen LogP contribution in [0.2, 0.25) is 0 Å². The monoisotopic (exact) mass is 330 g/mol. The second-order valence-electron chi connectivity index (χ2n) is 5.08. The third-order valence-electron chi connectivity index (χ3n) is 3.71. The van der Waals surface area contributed by atoms with Crippen molar-refractivity contribution in [3.63, 3.8) is 0 Å². The van der Waals surface area contributed by atoms with Crippen LogP contribution in [0.3, 0.4) is 0 Å². The van der Waals surface area contributed by atoms with Gasteiger partial charge in [0.15, 0.2) is 0 Å². The maximum atomic E-state index is 6.06. The fourth-order valence-corrected chi connectivity index (χ4v) is 3.28. The fraction of sp³-hybridized carbons (Fsp3) is 0.571. The summed E-state index contributed by atoms with van der Waals surface area (Å²) in [4.78, 5) is 4.80. The van der Waals surface area contributed by atoms with Crippen molar-refractivity contribution in [2.45, 2.75) is 24.8 Å². The fourth-order valence-electron chi connectivity index (χ4n) is 2.66. The Hall–Kier alpha value is -0.250. The minimum absolute atomic E-state index is 0.557. The van der Waals surface area contributed by atoms with E-state index in [4.69, 9.17) is 11.6 Å². The molecule has 2 rings (SSSR count). The molecule has 0 saturated carbocycles. The van der Waals surface area contributed by atoms with E-state index >= 15 is 0 Å². The summed E-state index contributed by atoms with van der Waals surface area (Å²) in [5.41, 5.74) is 2.45. The van der Waals surface area contributed by atoms with Crippen molar-refractivity contribution in [3.05, 3.63) is 28.2 Å². The number of nitrogens with zero attached hydrogens (tertiary/aromatic N) is 2. The number of likely N-dealkylation sites (N-methyl/N-ethyl adjacent to an activating group) is 2. The van der Waals surface area contributed by atoms with Gasteiger partial charge in [0, 0.05) is 35.7 Å². The Morgan fingerprint density at radius 3 is 2.94 bits per heavy atom. The molecule has 1 heterocycles. The molecule has 100 valence electrons. The van der Waals surface area contributed by atoms with Gasteiger partial charge in [-0.2, -0.15) is 0 Å². The van der Waals surface area contributed by atoms with Crippen molar-refractivity contribution in [2.24, 2.45) is 0 Å². The highest BCUT2D eigenvalue weighted by Gasteiger charge is 2.22. The molecular weight excluding hydrogens is 312 g/mol. The Balaban J connectivity index is 2.19. The molecule has 18 heavy (non-hydrogen) atoms. The van der Waals surface area contributed by atoms with Gasteiger partial charge in [0.1, 0.15) is 0 Å². The number of halogens is 2. The first-order chi connectivity index (χ1) is 8.61. The van der Waals surface area contributed by atoms with Crippen molar-refractivity contribution >= 4 is 33.2 Å². The average molecular weight is 332 g/mol. The standard InChI is InChI=1S/C14H20BrClN2/c1-17-7-3-4-13(10-17)18(2)14-6-5-12(15)8-11(14)9-16/h5-6,8,13H,3-4,7,9-10H2,1-2H3. The van der Waals surface area contributed by atoms with Crippen LogP contribution in [0.25, 0.3) is 0 Å². The van der Waals surface area contributed by atoms with E-state index in [1.54, 1.807) is 0 Å². The van der Waals surface area contributed by atoms with Crippen LogP contribution in [-0.2, 0) is 5.88 Å². The minimum Gasteiger partial charge on any atom is -0.370 e. The SMILES string of the molecule is CN1CCCC(N(C)c2ccc(Br)cc2CCl)C1. The molecule has 1 aliphatic rings. The second-order valence-corrected chi connectivity index (χ2v) is 6.26. The van der Waals surface area contributed by atoms with E-state index in [1.807, 2.05) is 0 Å². The number of hydrogen-bond donors (Lipinski definition) is 0. The second kappa shape index (κ2) is 6.27. The molecule has 0 aromatic heterocycles. The number of piperidine rings is 1. The number of alkyl halides is 1. The largest absolute Gasteiger partial charge is 0.370 e. The number of hydrogen-bond acceptors (Lipinski definition) is 2. The molecule has 1 saturated heterocycles. The molecular formula is C14H20BrClN2. The van der Waals surface area contributed by atoms with Crippen molar-refractivity contribution in [2.75, 3.05) is 32.1 Å². The third kappa shape index (κ3) is 3.19. The lowest BCUT2D eigenvalue weighted by molar-refractivity contribution is 0.248. The van der Waals surface area contributed by atoms with E-state index in [2.05, 4.69) is 58.0 Å². The zero-order valence-corrected chi connectivity index (χ0v) is 13.3. The Labute approximate surface area is 123 Å². The topological polar surface area (TPSA) is 6.48 Å². The minimum atomic E-state index is 0.557.